The van der Waals surface area contributed by atoms with Crippen LogP contribution in [0.15, 0.2) is 55.1 Å². The predicted molar refractivity (Wildman–Crippen MR) is 115 cm³/mol. The SMILES string of the molecule is O=C(NCc1ccnc(N2CCOCC2)n1)c1cncc2c1cnn2-c1ccc(F)cc1. The van der Waals surface area contributed by atoms with Crippen molar-refractivity contribution in [2.75, 3.05) is 31.2 Å². The van der Waals surface area contributed by atoms with Crippen LogP contribution < -0.4 is 10.2 Å². The average Bonchev–Trinajstić information content (AvgIpc) is 3.28. The molecule has 9 nitrogen and oxygen atoms in total. The number of carbonyl (C=O) groups excluding carboxylic acids is 1. The number of hydrogen-bond acceptors (Lipinski definition) is 7. The highest BCUT2D eigenvalue weighted by Crippen LogP contribution is 2.21. The normalized spacial score (nSPS) is 14.0. The van der Waals surface area contributed by atoms with Crippen molar-refractivity contribution in [3.05, 3.63) is 72.2 Å². The maximum absolute atomic E-state index is 13.3. The lowest BCUT2D eigenvalue weighted by Crippen LogP contribution is -2.37. The van der Waals surface area contributed by atoms with Crippen LogP contribution in [0, 0.1) is 5.82 Å². The molecule has 10 heteroatoms. The van der Waals surface area contributed by atoms with E-state index in [4.69, 9.17) is 4.74 Å². The zero-order chi connectivity index (χ0) is 21.9. The maximum atomic E-state index is 13.3. The smallest absolute Gasteiger partial charge is 0.253 e. The van der Waals surface area contributed by atoms with E-state index < -0.39 is 0 Å². The average molecular weight is 433 g/mol. The number of carbonyl (C=O) groups is 1. The van der Waals surface area contributed by atoms with Crippen LogP contribution in [0.2, 0.25) is 0 Å². The van der Waals surface area contributed by atoms with Crippen LogP contribution in [0.4, 0.5) is 10.3 Å². The molecule has 1 aliphatic heterocycles. The Morgan fingerprint density at radius 3 is 2.72 bits per heavy atom. The van der Waals surface area contributed by atoms with E-state index in [0.29, 0.717) is 47.0 Å². The lowest BCUT2D eigenvalue weighted by atomic mass is 10.2. The Hall–Kier alpha value is -3.92. The fourth-order valence-electron chi connectivity index (χ4n) is 3.58. The molecule has 5 rings (SSSR count). The third-order valence-corrected chi connectivity index (χ3v) is 5.24. The number of fused-ring (bicyclic) bond motifs is 1. The number of halogens is 1. The highest BCUT2D eigenvalue weighted by molar-refractivity contribution is 6.05. The van der Waals surface area contributed by atoms with E-state index in [2.05, 4.69) is 30.3 Å². The second-order valence-corrected chi connectivity index (χ2v) is 7.28. The van der Waals surface area contributed by atoms with Gasteiger partial charge in [0.2, 0.25) is 5.95 Å². The van der Waals surface area contributed by atoms with E-state index in [0.717, 1.165) is 13.1 Å². The number of ether oxygens (including phenoxy) is 1. The third-order valence-electron chi connectivity index (χ3n) is 5.24. The molecule has 0 bridgehead atoms. The monoisotopic (exact) mass is 433 g/mol. The third kappa shape index (κ3) is 4.00. The summed E-state index contributed by atoms with van der Waals surface area (Å²) in [5.41, 5.74) is 2.44. The topological polar surface area (TPSA) is 98.1 Å². The van der Waals surface area contributed by atoms with Gasteiger partial charge < -0.3 is 15.0 Å². The number of aromatic nitrogens is 5. The molecule has 1 fully saturated rings. The van der Waals surface area contributed by atoms with Crippen molar-refractivity contribution in [1.82, 2.24) is 30.0 Å². The highest BCUT2D eigenvalue weighted by atomic mass is 19.1. The molecule has 32 heavy (non-hydrogen) atoms. The minimum atomic E-state index is -0.329. The molecular weight excluding hydrogens is 413 g/mol. The van der Waals surface area contributed by atoms with Gasteiger partial charge in [-0.25, -0.2) is 19.0 Å². The molecule has 0 aliphatic carbocycles. The van der Waals surface area contributed by atoms with E-state index >= 15 is 0 Å². The summed E-state index contributed by atoms with van der Waals surface area (Å²) < 4.78 is 20.2. The van der Waals surface area contributed by atoms with Crippen LogP contribution in [0.5, 0.6) is 0 Å². The molecule has 1 amide bonds. The quantitative estimate of drug-likeness (QED) is 0.515. The molecular formula is C22H20FN7O2. The van der Waals surface area contributed by atoms with Gasteiger partial charge in [0.25, 0.3) is 5.91 Å². The molecule has 162 valence electrons. The van der Waals surface area contributed by atoms with E-state index in [-0.39, 0.29) is 18.3 Å². The minimum absolute atomic E-state index is 0.251. The zero-order valence-electron chi connectivity index (χ0n) is 17.1. The predicted octanol–water partition coefficient (Wildman–Crippen LogP) is 2.12. The zero-order valence-corrected chi connectivity index (χ0v) is 17.1. The van der Waals surface area contributed by atoms with Crippen molar-refractivity contribution in [3.8, 4) is 5.69 Å². The van der Waals surface area contributed by atoms with E-state index in [1.165, 1.54) is 18.3 Å². The largest absolute Gasteiger partial charge is 0.378 e. The first-order valence-corrected chi connectivity index (χ1v) is 10.2. The number of morpholine rings is 1. The Labute approximate surface area is 182 Å². The van der Waals surface area contributed by atoms with Crippen LogP contribution in [-0.2, 0) is 11.3 Å². The first-order valence-electron chi connectivity index (χ1n) is 10.2. The summed E-state index contributed by atoms with van der Waals surface area (Å²) in [7, 11) is 0. The van der Waals surface area contributed by atoms with Crippen LogP contribution in [0.25, 0.3) is 16.6 Å². The Morgan fingerprint density at radius 1 is 1.09 bits per heavy atom. The van der Waals surface area contributed by atoms with Gasteiger partial charge in [-0.1, -0.05) is 0 Å². The van der Waals surface area contributed by atoms with Gasteiger partial charge >= 0.3 is 0 Å². The summed E-state index contributed by atoms with van der Waals surface area (Å²) in [6.07, 6.45) is 6.43. The first kappa shape index (κ1) is 20.0. The lowest BCUT2D eigenvalue weighted by molar-refractivity contribution is 0.0951. The van der Waals surface area contributed by atoms with Crippen molar-refractivity contribution in [3.63, 3.8) is 0 Å². The van der Waals surface area contributed by atoms with Gasteiger partial charge in [0.1, 0.15) is 5.82 Å². The Morgan fingerprint density at radius 2 is 1.91 bits per heavy atom. The molecule has 0 spiro atoms. The number of pyridine rings is 1. The van der Waals surface area contributed by atoms with Gasteiger partial charge in [0, 0.05) is 30.9 Å². The van der Waals surface area contributed by atoms with E-state index in [1.54, 1.807) is 41.5 Å². The number of rotatable bonds is 5. The summed E-state index contributed by atoms with van der Waals surface area (Å²) in [6.45, 7) is 3.02. The molecule has 0 unspecified atom stereocenters. The number of nitrogens with one attached hydrogen (secondary N) is 1. The minimum Gasteiger partial charge on any atom is -0.378 e. The Bertz CT molecular complexity index is 1250. The molecule has 4 heterocycles. The van der Waals surface area contributed by atoms with Crippen molar-refractivity contribution >= 4 is 22.8 Å². The molecule has 1 saturated heterocycles. The molecule has 1 N–H and O–H groups in total. The molecule has 0 saturated carbocycles. The Kier molecular flexibility index (Phi) is 5.42. The fraction of sp³-hybridized carbons (Fsp3) is 0.227. The van der Waals surface area contributed by atoms with Crippen molar-refractivity contribution in [2.45, 2.75) is 6.54 Å². The van der Waals surface area contributed by atoms with E-state index in [1.807, 2.05) is 0 Å². The molecule has 1 aliphatic rings. The van der Waals surface area contributed by atoms with Gasteiger partial charge in [0.05, 0.1) is 54.6 Å². The van der Waals surface area contributed by atoms with Gasteiger partial charge in [0.15, 0.2) is 0 Å². The van der Waals surface area contributed by atoms with Crippen LogP contribution in [0.3, 0.4) is 0 Å². The van der Waals surface area contributed by atoms with Gasteiger partial charge in [-0.2, -0.15) is 5.10 Å². The molecule has 3 aromatic heterocycles. The molecule has 1 aromatic carbocycles. The number of anilines is 1. The second kappa shape index (κ2) is 8.67. The standard InChI is InChI=1S/C22H20FN7O2/c23-15-1-3-17(4-2-15)30-20-14-24-12-19(18(20)13-27-30)21(31)26-11-16-5-6-25-22(28-16)29-7-9-32-10-8-29/h1-6,12-14H,7-11H2,(H,26,31). The summed E-state index contributed by atoms with van der Waals surface area (Å²) in [5, 5.41) is 7.90. The van der Waals surface area contributed by atoms with Crippen molar-refractivity contribution < 1.29 is 13.9 Å². The Balaban J connectivity index is 1.34. The van der Waals surface area contributed by atoms with Gasteiger partial charge in [-0.3, -0.25) is 9.78 Å². The number of hydrogen-bond donors (Lipinski definition) is 1. The molecule has 4 aromatic rings. The van der Waals surface area contributed by atoms with Crippen LogP contribution >= 0.6 is 0 Å². The maximum Gasteiger partial charge on any atom is 0.253 e. The summed E-state index contributed by atoms with van der Waals surface area (Å²) in [4.78, 5) is 28.0. The number of nitrogens with zero attached hydrogens (tertiary/aromatic N) is 6. The summed E-state index contributed by atoms with van der Waals surface area (Å²) >= 11 is 0. The van der Waals surface area contributed by atoms with Crippen molar-refractivity contribution in [2.24, 2.45) is 0 Å². The summed E-state index contributed by atoms with van der Waals surface area (Å²) in [6, 6.07) is 7.74. The van der Waals surface area contributed by atoms with Gasteiger partial charge in [-0.05, 0) is 30.3 Å². The van der Waals surface area contributed by atoms with Gasteiger partial charge in [-0.15, -0.1) is 0 Å². The van der Waals surface area contributed by atoms with Crippen LogP contribution in [-0.4, -0.2) is 56.9 Å². The molecule has 0 atom stereocenters. The summed E-state index contributed by atoms with van der Waals surface area (Å²) in [5.74, 6) is 0.0163. The number of amides is 1. The highest BCUT2D eigenvalue weighted by Gasteiger charge is 2.17. The fourth-order valence-corrected chi connectivity index (χ4v) is 3.58. The number of benzene rings is 1. The molecule has 0 radical (unpaired) electrons. The van der Waals surface area contributed by atoms with Crippen LogP contribution in [0.1, 0.15) is 16.1 Å². The van der Waals surface area contributed by atoms with Crippen molar-refractivity contribution in [1.29, 1.82) is 0 Å². The lowest BCUT2D eigenvalue weighted by Gasteiger charge is -2.26. The first-order chi connectivity index (χ1) is 15.7. The second-order valence-electron chi connectivity index (χ2n) is 7.28. The van der Waals surface area contributed by atoms with E-state index in [9.17, 15) is 9.18 Å².